The van der Waals surface area contributed by atoms with Gasteiger partial charge in [0.1, 0.15) is 11.4 Å². The molecule has 0 aliphatic carbocycles. The number of carbonyl (C=O) groups excluding carboxylic acids is 2. The Bertz CT molecular complexity index is 1180. The van der Waals surface area contributed by atoms with Gasteiger partial charge in [0, 0.05) is 16.6 Å². The van der Waals surface area contributed by atoms with E-state index in [0.29, 0.717) is 39.7 Å². The van der Waals surface area contributed by atoms with Gasteiger partial charge >= 0.3 is 0 Å². The lowest BCUT2D eigenvalue weighted by atomic mass is 10.1. The van der Waals surface area contributed by atoms with Gasteiger partial charge in [-0.15, -0.1) is 11.3 Å². The van der Waals surface area contributed by atoms with Crippen molar-refractivity contribution in [2.45, 2.75) is 6.92 Å². The number of benzene rings is 2. The van der Waals surface area contributed by atoms with Crippen molar-refractivity contribution in [1.29, 1.82) is 5.26 Å². The highest BCUT2D eigenvalue weighted by molar-refractivity contribution is 7.11. The molecule has 148 valence electrons. The number of nitrogens with zero attached hydrogens (tertiary/aromatic N) is 2. The molecule has 0 saturated heterocycles. The fourth-order valence-electron chi connectivity index (χ4n) is 3.19. The molecule has 1 aliphatic heterocycles. The molecule has 0 spiro atoms. The zero-order valence-corrected chi connectivity index (χ0v) is 16.9. The van der Waals surface area contributed by atoms with Gasteiger partial charge in [0.2, 0.25) is 0 Å². The minimum Gasteiger partial charge on any atom is -0.494 e. The summed E-state index contributed by atoms with van der Waals surface area (Å²) in [6.45, 7) is 2.42. The minimum absolute atomic E-state index is 0.209. The predicted octanol–water partition coefficient (Wildman–Crippen LogP) is 4.42. The van der Waals surface area contributed by atoms with Crippen LogP contribution in [0.1, 0.15) is 17.4 Å². The summed E-state index contributed by atoms with van der Waals surface area (Å²) in [5, 5.41) is 14.0. The van der Waals surface area contributed by atoms with Gasteiger partial charge in [-0.25, -0.2) is 4.90 Å². The Kier molecular flexibility index (Phi) is 5.33. The van der Waals surface area contributed by atoms with Gasteiger partial charge in [-0.2, -0.15) is 5.26 Å². The van der Waals surface area contributed by atoms with Gasteiger partial charge in [-0.05, 0) is 54.8 Å². The summed E-state index contributed by atoms with van der Waals surface area (Å²) in [5.74, 6) is -0.188. The lowest BCUT2D eigenvalue weighted by Gasteiger charge is -2.15. The summed E-state index contributed by atoms with van der Waals surface area (Å²) in [4.78, 5) is 28.4. The third kappa shape index (κ3) is 3.56. The number of imide groups is 1. The first-order valence-electron chi connectivity index (χ1n) is 9.29. The van der Waals surface area contributed by atoms with Gasteiger partial charge in [-0.1, -0.05) is 12.1 Å². The van der Waals surface area contributed by atoms with Crippen molar-refractivity contribution in [1.82, 2.24) is 0 Å². The summed E-state index contributed by atoms with van der Waals surface area (Å²) in [6, 6.07) is 19.3. The van der Waals surface area contributed by atoms with Crippen molar-refractivity contribution in [2.24, 2.45) is 0 Å². The number of carbonyl (C=O) groups is 2. The first-order valence-corrected chi connectivity index (χ1v) is 10.2. The van der Waals surface area contributed by atoms with Crippen molar-refractivity contribution in [3.8, 4) is 11.8 Å². The monoisotopic (exact) mass is 415 g/mol. The van der Waals surface area contributed by atoms with E-state index >= 15 is 0 Å². The van der Waals surface area contributed by atoms with Crippen LogP contribution < -0.4 is 15.0 Å². The Balaban J connectivity index is 1.74. The maximum absolute atomic E-state index is 13.3. The van der Waals surface area contributed by atoms with Crippen molar-refractivity contribution in [3.05, 3.63) is 82.2 Å². The molecule has 3 aromatic rings. The van der Waals surface area contributed by atoms with Gasteiger partial charge in [0.25, 0.3) is 11.8 Å². The van der Waals surface area contributed by atoms with Crippen molar-refractivity contribution in [2.75, 3.05) is 16.8 Å². The fraction of sp³-hybridized carbons (Fsp3) is 0.0870. The first kappa shape index (κ1) is 19.4. The van der Waals surface area contributed by atoms with Crippen molar-refractivity contribution in [3.63, 3.8) is 0 Å². The van der Waals surface area contributed by atoms with E-state index in [9.17, 15) is 9.59 Å². The van der Waals surface area contributed by atoms with Crippen LogP contribution in [0.25, 0.3) is 5.57 Å². The van der Waals surface area contributed by atoms with E-state index in [2.05, 4.69) is 5.32 Å². The number of anilines is 2. The second-order valence-corrected chi connectivity index (χ2v) is 7.37. The summed E-state index contributed by atoms with van der Waals surface area (Å²) >= 11 is 1.39. The molecule has 0 bridgehead atoms. The molecular weight excluding hydrogens is 398 g/mol. The molecule has 7 heteroatoms. The number of nitriles is 1. The molecule has 30 heavy (non-hydrogen) atoms. The van der Waals surface area contributed by atoms with Crippen LogP contribution in [0.4, 0.5) is 11.4 Å². The van der Waals surface area contributed by atoms with Crippen LogP contribution in [0.15, 0.2) is 71.7 Å². The van der Waals surface area contributed by atoms with Crippen LogP contribution in [0.5, 0.6) is 5.75 Å². The highest BCUT2D eigenvalue weighted by atomic mass is 32.1. The minimum atomic E-state index is -0.449. The lowest BCUT2D eigenvalue weighted by Crippen LogP contribution is -2.32. The maximum Gasteiger partial charge on any atom is 0.282 e. The molecule has 0 unspecified atom stereocenters. The average Bonchev–Trinajstić information content (AvgIpc) is 3.36. The highest BCUT2D eigenvalue weighted by Crippen LogP contribution is 2.35. The van der Waals surface area contributed by atoms with Crippen LogP contribution >= 0.6 is 11.3 Å². The third-order valence-corrected chi connectivity index (χ3v) is 5.41. The van der Waals surface area contributed by atoms with Crippen LogP contribution in [-0.2, 0) is 9.59 Å². The van der Waals surface area contributed by atoms with E-state index in [0.717, 1.165) is 4.90 Å². The molecule has 0 atom stereocenters. The second-order valence-electron chi connectivity index (χ2n) is 6.42. The molecule has 2 heterocycles. The molecule has 4 rings (SSSR count). The summed E-state index contributed by atoms with van der Waals surface area (Å²) in [5.41, 5.74) is 2.04. The normalized spacial score (nSPS) is 13.5. The molecule has 0 fully saturated rings. The molecular formula is C23H17N3O3S. The van der Waals surface area contributed by atoms with E-state index in [-0.39, 0.29) is 5.70 Å². The van der Waals surface area contributed by atoms with Crippen molar-refractivity contribution < 1.29 is 14.3 Å². The van der Waals surface area contributed by atoms with Crippen LogP contribution in [0, 0.1) is 11.3 Å². The van der Waals surface area contributed by atoms with Crippen LogP contribution in [0.2, 0.25) is 0 Å². The zero-order valence-electron chi connectivity index (χ0n) is 16.1. The smallest absolute Gasteiger partial charge is 0.282 e. The molecule has 0 saturated carbocycles. The predicted molar refractivity (Wildman–Crippen MR) is 116 cm³/mol. The molecule has 1 aliphatic rings. The van der Waals surface area contributed by atoms with Gasteiger partial charge in [-0.3, -0.25) is 9.59 Å². The van der Waals surface area contributed by atoms with Gasteiger partial charge in [0.15, 0.2) is 0 Å². The molecule has 0 radical (unpaired) electrons. The SMILES string of the molecule is CCOc1cccc(NC2=C(c3cccs3)C(=O)N(c3ccc(C#N)cc3)C2=O)c1. The number of nitrogens with one attached hydrogen (secondary N) is 1. The number of rotatable bonds is 6. The van der Waals surface area contributed by atoms with E-state index < -0.39 is 11.8 Å². The quantitative estimate of drug-likeness (QED) is 0.603. The van der Waals surface area contributed by atoms with E-state index in [1.807, 2.05) is 48.7 Å². The summed E-state index contributed by atoms with van der Waals surface area (Å²) in [6.07, 6.45) is 0. The lowest BCUT2D eigenvalue weighted by molar-refractivity contribution is -0.120. The largest absolute Gasteiger partial charge is 0.494 e. The number of ether oxygens (including phenoxy) is 1. The Hall–Kier alpha value is -3.89. The summed E-state index contributed by atoms with van der Waals surface area (Å²) in [7, 11) is 0. The van der Waals surface area contributed by atoms with Crippen LogP contribution in [-0.4, -0.2) is 18.4 Å². The fourth-order valence-corrected chi connectivity index (χ4v) is 3.96. The van der Waals surface area contributed by atoms with E-state index in [1.54, 1.807) is 30.3 Å². The molecule has 2 amide bonds. The molecule has 1 aromatic heterocycles. The topological polar surface area (TPSA) is 82.4 Å². The van der Waals surface area contributed by atoms with E-state index in [1.165, 1.54) is 11.3 Å². The molecule has 2 aromatic carbocycles. The van der Waals surface area contributed by atoms with Crippen LogP contribution in [0.3, 0.4) is 0 Å². The Morgan fingerprint density at radius 3 is 2.53 bits per heavy atom. The Morgan fingerprint density at radius 1 is 1.07 bits per heavy atom. The molecule has 6 nitrogen and oxygen atoms in total. The highest BCUT2D eigenvalue weighted by Gasteiger charge is 2.40. The number of hydrogen-bond acceptors (Lipinski definition) is 6. The second kappa shape index (κ2) is 8.23. The Labute approximate surface area is 177 Å². The standard InChI is InChI=1S/C23H17N3O3S/c1-2-29-18-6-3-5-16(13-18)25-21-20(19-7-4-12-30-19)22(27)26(23(21)28)17-10-8-15(14-24)9-11-17/h3-13,25H,2H2,1H3. The first-order chi connectivity index (χ1) is 14.6. The average molecular weight is 415 g/mol. The molecule has 1 N–H and O–H groups in total. The van der Waals surface area contributed by atoms with E-state index in [4.69, 9.17) is 10.00 Å². The van der Waals surface area contributed by atoms with Crippen molar-refractivity contribution >= 4 is 40.1 Å². The summed E-state index contributed by atoms with van der Waals surface area (Å²) < 4.78 is 5.53. The number of hydrogen-bond donors (Lipinski definition) is 1. The Morgan fingerprint density at radius 2 is 1.87 bits per heavy atom. The number of amides is 2. The maximum atomic E-state index is 13.3. The third-order valence-electron chi connectivity index (χ3n) is 4.52. The van der Waals surface area contributed by atoms with Gasteiger partial charge < -0.3 is 10.1 Å². The number of thiophene rings is 1. The van der Waals surface area contributed by atoms with Gasteiger partial charge in [0.05, 0.1) is 29.5 Å². The zero-order chi connectivity index (χ0) is 21.1.